The summed E-state index contributed by atoms with van der Waals surface area (Å²) in [4.78, 5) is 11.2. The topological polar surface area (TPSA) is 83.6 Å². The maximum atomic E-state index is 11.2. The van der Waals surface area contributed by atoms with E-state index in [4.69, 9.17) is 13.0 Å². The van der Waals surface area contributed by atoms with Crippen molar-refractivity contribution >= 4 is 51.2 Å². The molecule has 0 fully saturated rings. The van der Waals surface area contributed by atoms with Gasteiger partial charge >= 0.3 is 5.97 Å². The molecule has 0 saturated heterocycles. The number of hydrogen-bond donors (Lipinski definition) is 3. The fourth-order valence-corrected chi connectivity index (χ4v) is 2.01. The molecule has 15 heavy (non-hydrogen) atoms. The van der Waals surface area contributed by atoms with Gasteiger partial charge in [-0.25, -0.2) is 4.79 Å². The molecule has 1 rings (SSSR count). The van der Waals surface area contributed by atoms with E-state index in [2.05, 4.69) is 0 Å². The van der Waals surface area contributed by atoms with Gasteiger partial charge < -0.3 is 15.9 Å². The third kappa shape index (κ3) is 2.94. The first-order chi connectivity index (χ1) is 7.80. The van der Waals surface area contributed by atoms with Crippen LogP contribution in [0, 0.1) is 0 Å². The molecule has 4 nitrogen and oxygen atoms in total. The summed E-state index contributed by atoms with van der Waals surface area (Å²) in [5, 5.41) is 18.3. The van der Waals surface area contributed by atoms with Crippen LogP contribution in [0.25, 0.3) is 0 Å². The second-order valence-corrected chi connectivity index (χ2v) is 5.82. The molecule has 0 aliphatic heterocycles. The lowest BCUT2D eigenvalue weighted by molar-refractivity contribution is -0.139. The summed E-state index contributed by atoms with van der Waals surface area (Å²) < 4.78 is 12.2. The molecular weight excluding hydrogens is 424 g/mol. The third-order valence-corrected chi connectivity index (χ3v) is 5.72. The number of phenolic OH excluding ortho intramolecular Hbond substituents is 1. The maximum Gasteiger partial charge on any atom is 0.335 e. The predicted molar refractivity (Wildman–Crippen MR) is 73.4 cm³/mol. The van der Waals surface area contributed by atoms with Crippen LogP contribution in [0.3, 0.4) is 0 Å². The number of alkyl halides is 2. The van der Waals surface area contributed by atoms with Gasteiger partial charge in [-0.3, -0.25) is 0 Å². The van der Waals surface area contributed by atoms with Crippen LogP contribution in [-0.4, -0.2) is 19.7 Å². The number of phenols is 1. The first-order valence-electron chi connectivity index (χ1n) is 4.83. The summed E-state index contributed by atoms with van der Waals surface area (Å²) in [6.45, 7) is 0. The van der Waals surface area contributed by atoms with Gasteiger partial charge in [-0.2, -0.15) is 0 Å². The molecule has 0 aliphatic rings. The van der Waals surface area contributed by atoms with Gasteiger partial charge in [0.2, 0.25) is 0 Å². The summed E-state index contributed by atoms with van der Waals surface area (Å²) in [6, 6.07) is 6.04. The minimum Gasteiger partial charge on any atom is -0.508 e. The van der Waals surface area contributed by atoms with Gasteiger partial charge in [0.25, 0.3) is 0 Å². The van der Waals surface area contributed by atoms with E-state index in [-0.39, 0.29) is 11.5 Å². The number of aliphatic carboxylic acids is 1. The fraction of sp³-hybridized carbons (Fsp3) is 0.222. The second kappa shape index (κ2) is 4.83. The zero-order valence-corrected chi connectivity index (χ0v) is 11.7. The van der Waals surface area contributed by atoms with Crippen LogP contribution in [0.2, 0.25) is 2.82 Å². The van der Waals surface area contributed by atoms with Crippen molar-refractivity contribution in [2.45, 2.75) is 7.47 Å². The van der Waals surface area contributed by atoms with Crippen LogP contribution in [0.5, 0.6) is 5.75 Å². The summed E-state index contributed by atoms with van der Waals surface area (Å²) in [5.74, 6) is -1.17. The van der Waals surface area contributed by atoms with Crippen molar-refractivity contribution in [3.8, 4) is 5.75 Å². The lowest BCUT2D eigenvalue weighted by atomic mass is 10.1. The Morgan fingerprint density at radius 1 is 1.53 bits per heavy atom. The SMILES string of the molecule is [3H]N([3H])[C@](I)(C(=O)O)C(I)c1ccc(O)cc1. The first kappa shape index (κ1) is 10.1. The van der Waals surface area contributed by atoms with Gasteiger partial charge in [-0.05, 0) is 40.3 Å². The molecule has 0 spiro atoms. The third-order valence-electron chi connectivity index (χ3n) is 1.82. The molecule has 0 bridgehead atoms. The zero-order valence-electron chi connectivity index (χ0n) is 9.39. The molecule has 0 amide bonds. The maximum absolute atomic E-state index is 11.2. The number of hydrogen-bond acceptors (Lipinski definition) is 3. The standard InChI is InChI=1S/C9H9I2NO3/c10-7(9(11,12)8(14)15)5-1-3-6(13)4-2-5/h1-4,7,13H,12H2,(H,14,15)/t7?,9-/m0/s1/i/hT2. The normalized spacial score (nSPS) is 18.9. The van der Waals surface area contributed by atoms with E-state index in [1.165, 1.54) is 12.1 Å². The Hall–Kier alpha value is -0.0900. The number of rotatable bonds is 4. The number of aromatic hydroxyl groups is 1. The largest absolute Gasteiger partial charge is 0.508 e. The second-order valence-electron chi connectivity index (χ2n) is 2.93. The average molecular weight is 437 g/mol. The van der Waals surface area contributed by atoms with E-state index < -0.39 is 13.4 Å². The number of nitrogens with two attached hydrogens (primary N) is 1. The molecule has 0 saturated carbocycles. The van der Waals surface area contributed by atoms with Gasteiger partial charge in [0, 0.05) is 0 Å². The minimum absolute atomic E-state index is 0.0836. The lowest BCUT2D eigenvalue weighted by Gasteiger charge is -2.23. The molecule has 0 heterocycles. The highest BCUT2D eigenvalue weighted by Crippen LogP contribution is 2.38. The summed E-state index contributed by atoms with van der Waals surface area (Å²) in [7, 11) is 0. The number of carboxylic acid groups (broad SMARTS) is 1. The Balaban J connectivity index is 3.13. The van der Waals surface area contributed by atoms with Crippen LogP contribution in [-0.2, 0) is 4.79 Å². The Kier molecular flexibility index (Phi) is 3.25. The Morgan fingerprint density at radius 2 is 2.07 bits per heavy atom. The molecule has 4 N–H and O–H groups in total. The van der Waals surface area contributed by atoms with Crippen LogP contribution in [0.15, 0.2) is 24.3 Å². The van der Waals surface area contributed by atoms with Crippen molar-refractivity contribution in [3.05, 3.63) is 29.8 Å². The molecule has 1 aromatic carbocycles. The molecule has 1 aromatic rings. The van der Waals surface area contributed by atoms with Gasteiger partial charge in [0.05, 0.1) is 3.92 Å². The van der Waals surface area contributed by atoms with Crippen LogP contribution >= 0.6 is 45.2 Å². The smallest absolute Gasteiger partial charge is 0.335 e. The zero-order chi connectivity index (χ0) is 13.2. The van der Waals surface area contributed by atoms with Gasteiger partial charge in [0.1, 0.15) is 8.57 Å². The van der Waals surface area contributed by atoms with Crippen LogP contribution in [0.4, 0.5) is 0 Å². The first-order valence-corrected chi connectivity index (χ1v) is 6.26. The molecule has 0 aromatic heterocycles. The van der Waals surface area contributed by atoms with Crippen LogP contribution < -0.4 is 5.72 Å². The van der Waals surface area contributed by atoms with Crippen molar-refractivity contribution in [2.24, 2.45) is 5.72 Å². The highest BCUT2D eigenvalue weighted by atomic mass is 127. The Bertz CT molecular complexity index is 415. The molecule has 2 atom stereocenters. The molecule has 1 unspecified atom stereocenters. The van der Waals surface area contributed by atoms with E-state index in [1.807, 2.05) is 22.6 Å². The van der Waals surface area contributed by atoms with Gasteiger partial charge in [0.15, 0.2) is 3.55 Å². The Morgan fingerprint density at radius 3 is 2.47 bits per heavy atom. The van der Waals surface area contributed by atoms with Crippen molar-refractivity contribution in [1.82, 2.24) is 0 Å². The molecule has 0 aliphatic carbocycles. The van der Waals surface area contributed by atoms with Crippen molar-refractivity contribution in [1.29, 1.82) is 0 Å². The molecule has 0 radical (unpaired) electrons. The lowest BCUT2D eigenvalue weighted by Crippen LogP contribution is -2.44. The van der Waals surface area contributed by atoms with E-state index in [9.17, 15) is 4.79 Å². The van der Waals surface area contributed by atoms with E-state index in [0.29, 0.717) is 5.56 Å². The summed E-state index contributed by atoms with van der Waals surface area (Å²) in [6.07, 6.45) is 0. The monoisotopic (exact) mass is 437 g/mol. The molecule has 82 valence electrons. The fourth-order valence-electron chi connectivity index (χ4n) is 0.973. The number of carbonyl (C=O) groups is 1. The van der Waals surface area contributed by atoms with Gasteiger partial charge in [-0.15, -0.1) is 0 Å². The van der Waals surface area contributed by atoms with E-state index in [0.717, 1.165) is 0 Å². The van der Waals surface area contributed by atoms with E-state index in [1.54, 1.807) is 34.7 Å². The number of carboxylic acids is 1. The average Bonchev–Trinajstić information content (AvgIpc) is 2.27. The summed E-state index contributed by atoms with van der Waals surface area (Å²) in [5.41, 5.74) is 0.810. The van der Waals surface area contributed by atoms with Crippen LogP contribution in [0.1, 0.15) is 9.49 Å². The summed E-state index contributed by atoms with van der Waals surface area (Å²) >= 11 is 3.45. The Labute approximate surface area is 117 Å². The van der Waals surface area contributed by atoms with E-state index >= 15 is 0 Å². The van der Waals surface area contributed by atoms with Crippen molar-refractivity contribution in [3.63, 3.8) is 0 Å². The van der Waals surface area contributed by atoms with Crippen molar-refractivity contribution < 1.29 is 17.8 Å². The van der Waals surface area contributed by atoms with Crippen molar-refractivity contribution in [2.75, 3.05) is 0 Å². The predicted octanol–water partition coefficient (Wildman–Crippen LogP) is 2.04. The minimum atomic E-state index is -1.69. The quantitative estimate of drug-likeness (QED) is 0.383. The number of benzene rings is 1. The highest BCUT2D eigenvalue weighted by molar-refractivity contribution is 14.1. The van der Waals surface area contributed by atoms with Gasteiger partial charge in [-0.1, -0.05) is 34.7 Å². The highest BCUT2D eigenvalue weighted by Gasteiger charge is 2.39. The molecule has 6 heteroatoms. The number of halogens is 2. The molecular formula is C9H9I2NO3.